The monoisotopic (exact) mass is 143 g/mol. The van der Waals surface area contributed by atoms with Gasteiger partial charge in [-0.3, -0.25) is 10.1 Å². The van der Waals surface area contributed by atoms with Crippen molar-refractivity contribution in [1.82, 2.24) is 0 Å². The number of nitrogens with zero attached hydrogens (tertiary/aromatic N) is 1. The van der Waals surface area contributed by atoms with Crippen molar-refractivity contribution in [3.63, 3.8) is 0 Å². The summed E-state index contributed by atoms with van der Waals surface area (Å²) in [6.07, 6.45) is 2.29. The summed E-state index contributed by atoms with van der Waals surface area (Å²) in [5, 5.41) is 10.1. The average Bonchev–Trinajstić information content (AvgIpc) is 1.88. The van der Waals surface area contributed by atoms with E-state index in [1.54, 1.807) is 6.92 Å². The fourth-order valence-corrected chi connectivity index (χ4v) is 0.410. The summed E-state index contributed by atoms with van der Waals surface area (Å²) in [6.45, 7) is 1.60. The van der Waals surface area contributed by atoms with Gasteiger partial charge in [0, 0.05) is 0 Å². The molecule has 0 unspecified atom stereocenters. The standard InChI is InChI=1S/C5H9N3O2/c1-2-4(7)5(3-6)8(9)10/h2-3H,6-7H2,1H3/b4-2+,5-3+. The molecular weight excluding hydrogens is 134 g/mol. The van der Waals surface area contributed by atoms with Gasteiger partial charge in [-0.05, 0) is 6.92 Å². The van der Waals surface area contributed by atoms with E-state index in [1.165, 1.54) is 6.08 Å². The second-order valence-electron chi connectivity index (χ2n) is 1.55. The van der Waals surface area contributed by atoms with E-state index >= 15 is 0 Å². The summed E-state index contributed by atoms with van der Waals surface area (Å²) in [6, 6.07) is 0. The summed E-state index contributed by atoms with van der Waals surface area (Å²) in [4.78, 5) is 9.44. The Morgan fingerprint density at radius 2 is 2.20 bits per heavy atom. The van der Waals surface area contributed by atoms with Crippen LogP contribution < -0.4 is 11.5 Å². The maximum absolute atomic E-state index is 10.1. The van der Waals surface area contributed by atoms with Crippen molar-refractivity contribution in [2.24, 2.45) is 11.5 Å². The van der Waals surface area contributed by atoms with Gasteiger partial charge in [-0.15, -0.1) is 0 Å². The Labute approximate surface area is 58.2 Å². The van der Waals surface area contributed by atoms with Gasteiger partial charge in [0.05, 0.1) is 11.1 Å². The maximum Gasteiger partial charge on any atom is 0.307 e. The number of hydrogen-bond donors (Lipinski definition) is 2. The first-order valence-corrected chi connectivity index (χ1v) is 2.62. The predicted octanol–water partition coefficient (Wildman–Crippen LogP) is -0.0743. The van der Waals surface area contributed by atoms with Crippen molar-refractivity contribution in [3.8, 4) is 0 Å². The Balaban J connectivity index is 4.56. The smallest absolute Gasteiger partial charge is 0.307 e. The van der Waals surface area contributed by atoms with Gasteiger partial charge < -0.3 is 11.5 Å². The maximum atomic E-state index is 10.1. The highest BCUT2D eigenvalue weighted by molar-refractivity contribution is 5.19. The minimum atomic E-state index is -0.630. The second-order valence-corrected chi connectivity index (χ2v) is 1.55. The highest BCUT2D eigenvalue weighted by Crippen LogP contribution is 2.01. The molecule has 0 heterocycles. The van der Waals surface area contributed by atoms with Gasteiger partial charge in [-0.2, -0.15) is 0 Å². The van der Waals surface area contributed by atoms with Gasteiger partial charge in [0.25, 0.3) is 0 Å². The van der Waals surface area contributed by atoms with E-state index in [0.29, 0.717) is 0 Å². The number of rotatable bonds is 2. The van der Waals surface area contributed by atoms with Crippen LogP contribution in [0.15, 0.2) is 23.7 Å². The van der Waals surface area contributed by atoms with Gasteiger partial charge >= 0.3 is 5.70 Å². The lowest BCUT2D eigenvalue weighted by molar-refractivity contribution is -0.421. The summed E-state index contributed by atoms with van der Waals surface area (Å²) >= 11 is 0. The van der Waals surface area contributed by atoms with Crippen LogP contribution in [0.2, 0.25) is 0 Å². The third kappa shape index (κ3) is 1.77. The first-order valence-electron chi connectivity index (χ1n) is 2.62. The molecule has 0 aliphatic rings. The Bertz CT molecular complexity index is 195. The molecule has 4 N–H and O–H groups in total. The van der Waals surface area contributed by atoms with Crippen LogP contribution in [-0.4, -0.2) is 4.92 Å². The van der Waals surface area contributed by atoms with Gasteiger partial charge in [0.2, 0.25) is 0 Å². The number of allylic oxidation sites excluding steroid dienone is 1. The summed E-state index contributed by atoms with van der Waals surface area (Å²) in [7, 11) is 0. The molecule has 0 radical (unpaired) electrons. The molecule has 5 nitrogen and oxygen atoms in total. The fourth-order valence-electron chi connectivity index (χ4n) is 0.410. The largest absolute Gasteiger partial charge is 0.399 e. The van der Waals surface area contributed by atoms with Crippen molar-refractivity contribution in [2.75, 3.05) is 0 Å². The van der Waals surface area contributed by atoms with Crippen LogP contribution in [0.25, 0.3) is 0 Å². The Morgan fingerprint density at radius 1 is 1.70 bits per heavy atom. The highest BCUT2D eigenvalue weighted by Gasteiger charge is 2.10. The number of nitrogens with two attached hydrogens (primary N) is 2. The predicted molar refractivity (Wildman–Crippen MR) is 37.2 cm³/mol. The van der Waals surface area contributed by atoms with Gasteiger partial charge in [0.1, 0.15) is 5.70 Å². The number of nitro groups is 1. The van der Waals surface area contributed by atoms with Gasteiger partial charge in [-0.1, -0.05) is 6.08 Å². The molecule has 0 bridgehead atoms. The first-order chi connectivity index (χ1) is 4.63. The molecule has 0 aromatic heterocycles. The van der Waals surface area contributed by atoms with Gasteiger partial charge in [0.15, 0.2) is 0 Å². The third-order valence-corrected chi connectivity index (χ3v) is 0.961. The van der Waals surface area contributed by atoms with Crippen LogP contribution in [-0.2, 0) is 0 Å². The highest BCUT2D eigenvalue weighted by atomic mass is 16.6. The molecule has 5 heteroatoms. The Hall–Kier alpha value is -1.52. The van der Waals surface area contributed by atoms with Crippen molar-refractivity contribution in [1.29, 1.82) is 0 Å². The first kappa shape index (κ1) is 8.48. The lowest BCUT2D eigenvalue weighted by atomic mass is 10.3. The van der Waals surface area contributed by atoms with E-state index < -0.39 is 4.92 Å². The van der Waals surface area contributed by atoms with Crippen LogP contribution >= 0.6 is 0 Å². The molecule has 0 spiro atoms. The Morgan fingerprint density at radius 3 is 2.30 bits per heavy atom. The topological polar surface area (TPSA) is 95.2 Å². The molecule has 0 saturated carbocycles. The zero-order chi connectivity index (χ0) is 8.15. The van der Waals surface area contributed by atoms with E-state index in [0.717, 1.165) is 6.20 Å². The van der Waals surface area contributed by atoms with E-state index in [1.807, 2.05) is 0 Å². The minimum absolute atomic E-state index is 0.0764. The van der Waals surface area contributed by atoms with E-state index in [2.05, 4.69) is 0 Å². The van der Waals surface area contributed by atoms with Crippen molar-refractivity contribution >= 4 is 0 Å². The molecule has 10 heavy (non-hydrogen) atoms. The average molecular weight is 143 g/mol. The third-order valence-electron chi connectivity index (χ3n) is 0.961. The quantitative estimate of drug-likeness (QED) is 0.321. The SMILES string of the molecule is C/C=C(N)\C(=C/N)[N+](=O)[O-]. The van der Waals surface area contributed by atoms with E-state index in [9.17, 15) is 10.1 Å². The van der Waals surface area contributed by atoms with Crippen molar-refractivity contribution in [2.45, 2.75) is 6.92 Å². The van der Waals surface area contributed by atoms with Crippen LogP contribution in [0.4, 0.5) is 0 Å². The lowest BCUT2D eigenvalue weighted by Crippen LogP contribution is -2.10. The normalized spacial score (nSPS) is 13.3. The molecule has 0 aliphatic carbocycles. The van der Waals surface area contributed by atoms with E-state index in [-0.39, 0.29) is 11.4 Å². The molecule has 0 fully saturated rings. The van der Waals surface area contributed by atoms with E-state index in [4.69, 9.17) is 11.5 Å². The molecule has 56 valence electrons. The molecule has 0 aromatic carbocycles. The van der Waals surface area contributed by atoms with Gasteiger partial charge in [-0.25, -0.2) is 0 Å². The molecule has 0 amide bonds. The fraction of sp³-hybridized carbons (Fsp3) is 0.200. The zero-order valence-corrected chi connectivity index (χ0v) is 5.57. The molecule has 0 atom stereocenters. The second kappa shape index (κ2) is 3.49. The molecule has 0 aliphatic heterocycles. The van der Waals surface area contributed by atoms with Crippen LogP contribution in [0, 0.1) is 10.1 Å². The summed E-state index contributed by atoms with van der Waals surface area (Å²) < 4.78 is 0. The summed E-state index contributed by atoms with van der Waals surface area (Å²) in [5.74, 6) is 0. The molecule has 0 aromatic rings. The van der Waals surface area contributed by atoms with Crippen LogP contribution in [0.5, 0.6) is 0 Å². The molecule has 0 rings (SSSR count). The van der Waals surface area contributed by atoms with Crippen molar-refractivity contribution < 1.29 is 4.92 Å². The minimum Gasteiger partial charge on any atom is -0.399 e. The zero-order valence-electron chi connectivity index (χ0n) is 5.57. The number of hydrogen-bond acceptors (Lipinski definition) is 4. The van der Waals surface area contributed by atoms with Crippen LogP contribution in [0.3, 0.4) is 0 Å². The molecule has 0 saturated heterocycles. The molecular formula is C5H9N3O2. The Kier molecular flexibility index (Phi) is 2.96. The summed E-state index contributed by atoms with van der Waals surface area (Å²) in [5.41, 5.74) is 9.94. The lowest BCUT2D eigenvalue weighted by Gasteiger charge is -1.94. The van der Waals surface area contributed by atoms with Crippen LogP contribution in [0.1, 0.15) is 6.92 Å². The van der Waals surface area contributed by atoms with Crippen molar-refractivity contribution in [3.05, 3.63) is 33.8 Å².